The molecule has 6 atom stereocenters. The Hall–Kier alpha value is -0.900. The highest BCUT2D eigenvalue weighted by Gasteiger charge is 2.48. The fourth-order valence-corrected chi connectivity index (χ4v) is 7.06. The molecule has 4 N–H and O–H groups in total. The van der Waals surface area contributed by atoms with Crippen LogP contribution in [0, 0.1) is 0 Å². The standard InChI is InChI=1S/C39H76O12S/c1-3-5-7-9-11-13-15-17-18-20-22-24-26-28-35(41)49-33(31-47-29-27-25-23-21-19-16-14-12-10-8-6-4-2)32-48-39-37(43)38(51-52(44,45)46)36(42)34(30-40)50-39/h33-34,36-40,42-43H,3-32H2,1-2H3,(H,44,45,46). The predicted molar refractivity (Wildman–Crippen MR) is 202 cm³/mol. The number of aliphatic hydroxyl groups is 3. The van der Waals surface area contributed by atoms with E-state index in [0.717, 1.165) is 38.5 Å². The summed E-state index contributed by atoms with van der Waals surface area (Å²) in [4.78, 5) is 12.8. The van der Waals surface area contributed by atoms with Crippen LogP contribution in [0.2, 0.25) is 0 Å². The van der Waals surface area contributed by atoms with E-state index in [9.17, 15) is 28.5 Å². The van der Waals surface area contributed by atoms with E-state index in [0.29, 0.717) is 13.0 Å². The van der Waals surface area contributed by atoms with Gasteiger partial charge in [0.2, 0.25) is 0 Å². The fourth-order valence-electron chi connectivity index (χ4n) is 6.56. The summed E-state index contributed by atoms with van der Waals surface area (Å²) in [7, 11) is -5.05. The first-order valence-corrected chi connectivity index (χ1v) is 22.2. The van der Waals surface area contributed by atoms with Crippen molar-refractivity contribution in [2.24, 2.45) is 0 Å². The molecule has 0 aromatic rings. The zero-order chi connectivity index (χ0) is 38.3. The van der Waals surface area contributed by atoms with Crippen LogP contribution in [0.5, 0.6) is 0 Å². The molecule has 0 spiro atoms. The number of aliphatic hydroxyl groups excluding tert-OH is 3. The van der Waals surface area contributed by atoms with E-state index in [2.05, 4.69) is 18.0 Å². The van der Waals surface area contributed by atoms with Gasteiger partial charge in [0, 0.05) is 13.0 Å². The number of hydrogen-bond donors (Lipinski definition) is 4. The summed E-state index contributed by atoms with van der Waals surface area (Å²) in [6.45, 7) is 4.00. The van der Waals surface area contributed by atoms with Gasteiger partial charge in [-0.1, -0.05) is 162 Å². The number of ether oxygens (including phenoxy) is 4. The third-order valence-corrected chi connectivity index (χ3v) is 10.2. The first kappa shape index (κ1) is 49.1. The van der Waals surface area contributed by atoms with Crippen molar-refractivity contribution in [3.63, 3.8) is 0 Å². The van der Waals surface area contributed by atoms with Crippen molar-refractivity contribution < 1.29 is 56.2 Å². The minimum absolute atomic E-state index is 0.0438. The molecule has 1 fully saturated rings. The van der Waals surface area contributed by atoms with Crippen molar-refractivity contribution in [2.75, 3.05) is 26.4 Å². The van der Waals surface area contributed by atoms with Crippen LogP contribution in [0.1, 0.15) is 181 Å². The summed E-state index contributed by atoms with van der Waals surface area (Å²) in [5, 5.41) is 30.5. The smallest absolute Gasteiger partial charge is 0.397 e. The maximum Gasteiger partial charge on any atom is 0.397 e. The lowest BCUT2D eigenvalue weighted by molar-refractivity contribution is -0.301. The molecule has 13 heteroatoms. The Kier molecular flexibility index (Phi) is 30.6. The molecule has 0 aromatic carbocycles. The second-order valence-corrected chi connectivity index (χ2v) is 15.6. The van der Waals surface area contributed by atoms with Crippen LogP contribution in [0.4, 0.5) is 0 Å². The second-order valence-electron chi connectivity index (χ2n) is 14.6. The van der Waals surface area contributed by atoms with Gasteiger partial charge in [-0.3, -0.25) is 9.35 Å². The summed E-state index contributed by atoms with van der Waals surface area (Å²) in [6.07, 6.45) is 21.4. The summed E-state index contributed by atoms with van der Waals surface area (Å²) < 4.78 is 58.8. The molecule has 0 amide bonds. The van der Waals surface area contributed by atoms with Gasteiger partial charge in [-0.25, -0.2) is 4.18 Å². The number of esters is 1. The maximum absolute atomic E-state index is 12.8. The van der Waals surface area contributed by atoms with Crippen molar-refractivity contribution in [2.45, 2.75) is 218 Å². The highest BCUT2D eigenvalue weighted by atomic mass is 32.3. The summed E-state index contributed by atoms with van der Waals surface area (Å²) in [6, 6.07) is 0. The SMILES string of the molecule is CCCCCCCCCCCCCCCC(=O)OC(COCCCCCCCCCCCCCC)COC1OC(CO)C(O)C(OS(=O)(=O)O)C1O. The van der Waals surface area contributed by atoms with Crippen LogP contribution in [0.3, 0.4) is 0 Å². The van der Waals surface area contributed by atoms with Gasteiger partial charge in [-0.05, 0) is 12.8 Å². The van der Waals surface area contributed by atoms with Crippen LogP contribution in [0.25, 0.3) is 0 Å². The number of carbonyl (C=O) groups excluding carboxylic acids is 1. The normalized spacial score (nSPS) is 21.4. The molecular formula is C39H76O12S. The van der Waals surface area contributed by atoms with Crippen molar-refractivity contribution in [1.82, 2.24) is 0 Å². The minimum atomic E-state index is -5.05. The van der Waals surface area contributed by atoms with Gasteiger partial charge in [0.05, 0.1) is 19.8 Å². The van der Waals surface area contributed by atoms with E-state index in [4.69, 9.17) is 23.5 Å². The molecule has 0 bridgehead atoms. The van der Waals surface area contributed by atoms with E-state index < -0.39 is 59.8 Å². The van der Waals surface area contributed by atoms with Gasteiger partial charge >= 0.3 is 16.4 Å². The van der Waals surface area contributed by atoms with E-state index in [1.807, 2.05) is 0 Å². The Morgan fingerprint density at radius 1 is 0.654 bits per heavy atom. The molecule has 12 nitrogen and oxygen atoms in total. The number of rotatable bonds is 36. The van der Waals surface area contributed by atoms with Crippen molar-refractivity contribution in [3.8, 4) is 0 Å². The Morgan fingerprint density at radius 3 is 1.54 bits per heavy atom. The molecule has 0 aliphatic carbocycles. The van der Waals surface area contributed by atoms with Gasteiger partial charge in [0.15, 0.2) is 6.29 Å². The Bertz CT molecular complexity index is 936. The molecule has 0 saturated carbocycles. The monoisotopic (exact) mass is 769 g/mol. The molecule has 52 heavy (non-hydrogen) atoms. The lowest BCUT2D eigenvalue weighted by atomic mass is 9.99. The third-order valence-electron chi connectivity index (χ3n) is 9.73. The van der Waals surface area contributed by atoms with Gasteiger partial charge in [-0.15, -0.1) is 0 Å². The van der Waals surface area contributed by atoms with Gasteiger partial charge in [0.1, 0.15) is 30.5 Å². The first-order chi connectivity index (χ1) is 25.1. The molecule has 0 aromatic heterocycles. The summed E-state index contributed by atoms with van der Waals surface area (Å²) in [5.41, 5.74) is 0. The average molecular weight is 769 g/mol. The van der Waals surface area contributed by atoms with E-state index in [1.165, 1.54) is 116 Å². The number of hydrogen-bond acceptors (Lipinski definition) is 11. The summed E-state index contributed by atoms with van der Waals surface area (Å²) in [5.74, 6) is -0.396. The van der Waals surface area contributed by atoms with Crippen molar-refractivity contribution in [1.29, 1.82) is 0 Å². The van der Waals surface area contributed by atoms with E-state index in [1.54, 1.807) is 0 Å². The largest absolute Gasteiger partial charge is 0.457 e. The summed E-state index contributed by atoms with van der Waals surface area (Å²) >= 11 is 0. The molecule has 1 rings (SSSR count). The lowest BCUT2D eigenvalue weighted by Gasteiger charge is -2.41. The van der Waals surface area contributed by atoms with Crippen LogP contribution >= 0.6 is 0 Å². The van der Waals surface area contributed by atoms with E-state index >= 15 is 0 Å². The Labute approximate surface area is 316 Å². The van der Waals surface area contributed by atoms with Gasteiger partial charge < -0.3 is 34.3 Å². The molecular weight excluding hydrogens is 692 g/mol. The predicted octanol–water partition coefficient (Wildman–Crippen LogP) is 7.74. The van der Waals surface area contributed by atoms with Crippen LogP contribution in [-0.2, 0) is 38.3 Å². The molecule has 1 saturated heterocycles. The molecule has 6 unspecified atom stereocenters. The zero-order valence-electron chi connectivity index (χ0n) is 32.6. The molecule has 0 radical (unpaired) electrons. The van der Waals surface area contributed by atoms with Crippen LogP contribution in [-0.4, -0.2) is 97.5 Å². The fraction of sp³-hybridized carbons (Fsp3) is 0.974. The van der Waals surface area contributed by atoms with Crippen molar-refractivity contribution in [3.05, 3.63) is 0 Å². The number of carbonyl (C=O) groups is 1. The molecule has 1 aliphatic heterocycles. The van der Waals surface area contributed by atoms with Crippen LogP contribution < -0.4 is 0 Å². The highest BCUT2D eigenvalue weighted by Crippen LogP contribution is 2.26. The second kappa shape index (κ2) is 32.4. The number of unbranched alkanes of at least 4 members (excludes halogenated alkanes) is 23. The lowest BCUT2D eigenvalue weighted by Crippen LogP contribution is -2.60. The quantitative estimate of drug-likeness (QED) is 0.0277. The van der Waals surface area contributed by atoms with E-state index in [-0.39, 0.29) is 19.6 Å². The molecule has 310 valence electrons. The first-order valence-electron chi connectivity index (χ1n) is 20.8. The highest BCUT2D eigenvalue weighted by molar-refractivity contribution is 7.80. The third kappa shape index (κ3) is 26.0. The molecule has 1 aliphatic rings. The maximum atomic E-state index is 12.8. The molecule has 1 heterocycles. The minimum Gasteiger partial charge on any atom is -0.457 e. The Balaban J connectivity index is 2.47. The van der Waals surface area contributed by atoms with Gasteiger partial charge in [-0.2, -0.15) is 8.42 Å². The zero-order valence-corrected chi connectivity index (χ0v) is 33.5. The topological polar surface area (TPSA) is 178 Å². The van der Waals surface area contributed by atoms with Crippen LogP contribution in [0.15, 0.2) is 0 Å². The average Bonchev–Trinajstić information content (AvgIpc) is 3.11. The Morgan fingerprint density at radius 2 is 1.10 bits per heavy atom. The van der Waals surface area contributed by atoms with Crippen molar-refractivity contribution >= 4 is 16.4 Å². The van der Waals surface area contributed by atoms with Gasteiger partial charge in [0.25, 0.3) is 0 Å².